The van der Waals surface area contributed by atoms with Gasteiger partial charge in [-0.3, -0.25) is 9.59 Å². The first-order valence-electron chi connectivity index (χ1n) is 6.04. The summed E-state index contributed by atoms with van der Waals surface area (Å²) in [4.78, 5) is 21.9. The molecule has 0 saturated heterocycles. The molecular weight excluding hydrogens is 214 g/mol. The fourth-order valence-corrected chi connectivity index (χ4v) is 2.38. The molecule has 0 aromatic heterocycles. The van der Waals surface area contributed by atoms with Gasteiger partial charge in [-0.15, -0.1) is 0 Å². The van der Waals surface area contributed by atoms with E-state index in [-0.39, 0.29) is 5.91 Å². The third-order valence-electron chi connectivity index (χ3n) is 3.37. The average molecular weight is 231 g/mol. The second kappa shape index (κ2) is 5.13. The zero-order chi connectivity index (χ0) is 12.3. The Kier molecular flexibility index (Phi) is 3.57. The molecule has 1 amide bonds. The molecule has 1 aliphatic rings. The Morgan fingerprint density at radius 3 is 2.29 bits per heavy atom. The van der Waals surface area contributed by atoms with Crippen LogP contribution in [0.1, 0.15) is 42.7 Å². The molecule has 0 bridgehead atoms. The number of ketones is 1. The van der Waals surface area contributed by atoms with Crippen LogP contribution >= 0.6 is 0 Å². The van der Waals surface area contributed by atoms with Crippen LogP contribution in [0.5, 0.6) is 0 Å². The molecular formula is C14H17NO2. The van der Waals surface area contributed by atoms with Gasteiger partial charge >= 0.3 is 0 Å². The molecule has 3 heteroatoms. The van der Waals surface area contributed by atoms with Gasteiger partial charge in [0.05, 0.1) is 6.42 Å². The van der Waals surface area contributed by atoms with Crippen molar-refractivity contribution in [3.63, 3.8) is 0 Å². The number of amides is 1. The first-order chi connectivity index (χ1) is 8.15. The molecule has 0 aliphatic heterocycles. The van der Waals surface area contributed by atoms with Crippen molar-refractivity contribution in [1.29, 1.82) is 0 Å². The minimum atomic E-state index is -0.305. The second-order valence-electron chi connectivity index (χ2n) is 4.70. The molecule has 2 N–H and O–H groups in total. The topological polar surface area (TPSA) is 60.2 Å². The van der Waals surface area contributed by atoms with Gasteiger partial charge in [0.25, 0.3) is 0 Å². The predicted octanol–water partition coefficient (Wildman–Crippen LogP) is 1.94. The summed E-state index contributed by atoms with van der Waals surface area (Å²) < 4.78 is 0. The van der Waals surface area contributed by atoms with E-state index in [0.717, 1.165) is 18.4 Å². The van der Waals surface area contributed by atoms with Gasteiger partial charge in [0.15, 0.2) is 0 Å². The maximum absolute atomic E-state index is 11.2. The number of carbonyl (C=O) groups is 2. The summed E-state index contributed by atoms with van der Waals surface area (Å²) in [7, 11) is 0. The summed E-state index contributed by atoms with van der Waals surface area (Å²) in [5.74, 6) is 0.572. The van der Waals surface area contributed by atoms with Crippen LogP contribution in [-0.2, 0) is 16.0 Å². The van der Waals surface area contributed by atoms with E-state index in [2.05, 4.69) is 12.1 Å². The summed E-state index contributed by atoms with van der Waals surface area (Å²) in [6.07, 6.45) is 3.60. The monoisotopic (exact) mass is 231 g/mol. The highest BCUT2D eigenvalue weighted by Gasteiger charge is 2.19. The molecule has 0 atom stereocenters. The molecule has 1 aromatic carbocycles. The zero-order valence-electron chi connectivity index (χ0n) is 9.82. The van der Waals surface area contributed by atoms with Gasteiger partial charge in [-0.1, -0.05) is 24.3 Å². The number of Topliss-reactive ketones (excluding diaryl/α,β-unsaturated/α-hetero) is 1. The molecule has 1 saturated carbocycles. The minimum absolute atomic E-state index is 0.295. The lowest BCUT2D eigenvalue weighted by Gasteiger charge is -2.21. The lowest BCUT2D eigenvalue weighted by atomic mass is 9.83. The van der Waals surface area contributed by atoms with E-state index in [4.69, 9.17) is 5.73 Å². The van der Waals surface area contributed by atoms with Gasteiger partial charge in [-0.2, -0.15) is 0 Å². The van der Waals surface area contributed by atoms with E-state index in [1.807, 2.05) is 12.1 Å². The van der Waals surface area contributed by atoms with Gasteiger partial charge < -0.3 is 5.73 Å². The molecule has 17 heavy (non-hydrogen) atoms. The van der Waals surface area contributed by atoms with Crippen molar-refractivity contribution in [1.82, 2.24) is 0 Å². The Hall–Kier alpha value is -1.64. The fraction of sp³-hybridized carbons (Fsp3) is 0.429. The SMILES string of the molecule is NC(=O)Cc1ccc(C2CCC(=O)CC2)cc1. The van der Waals surface area contributed by atoms with Crippen molar-refractivity contribution in [3.8, 4) is 0 Å². The predicted molar refractivity (Wildman–Crippen MR) is 65.6 cm³/mol. The number of hydrogen-bond donors (Lipinski definition) is 1. The van der Waals surface area contributed by atoms with Gasteiger partial charge in [0.1, 0.15) is 5.78 Å². The number of benzene rings is 1. The quantitative estimate of drug-likeness (QED) is 0.864. The van der Waals surface area contributed by atoms with Crippen LogP contribution in [0.2, 0.25) is 0 Å². The standard InChI is InChI=1S/C14H17NO2/c15-14(17)9-10-1-3-11(4-2-10)12-5-7-13(16)8-6-12/h1-4,12H,5-9H2,(H2,15,17). The number of rotatable bonds is 3. The van der Waals surface area contributed by atoms with Gasteiger partial charge in [-0.05, 0) is 29.9 Å². The largest absolute Gasteiger partial charge is 0.369 e. The maximum atomic E-state index is 11.2. The number of carbonyl (C=O) groups excluding carboxylic acids is 2. The van der Waals surface area contributed by atoms with Crippen molar-refractivity contribution in [2.75, 3.05) is 0 Å². The Morgan fingerprint density at radius 1 is 1.18 bits per heavy atom. The number of hydrogen-bond acceptors (Lipinski definition) is 2. The summed E-state index contributed by atoms with van der Waals surface area (Å²) in [5.41, 5.74) is 7.37. The highest BCUT2D eigenvalue weighted by Crippen LogP contribution is 2.31. The fourth-order valence-electron chi connectivity index (χ4n) is 2.38. The van der Waals surface area contributed by atoms with Gasteiger partial charge in [-0.25, -0.2) is 0 Å². The molecule has 0 heterocycles. The van der Waals surface area contributed by atoms with E-state index in [9.17, 15) is 9.59 Å². The molecule has 0 radical (unpaired) electrons. The van der Waals surface area contributed by atoms with E-state index in [1.54, 1.807) is 0 Å². The molecule has 0 spiro atoms. The van der Waals surface area contributed by atoms with Crippen molar-refractivity contribution in [2.45, 2.75) is 38.0 Å². The van der Waals surface area contributed by atoms with Gasteiger partial charge in [0, 0.05) is 12.8 Å². The highest BCUT2D eigenvalue weighted by atomic mass is 16.1. The van der Waals surface area contributed by atoms with Crippen molar-refractivity contribution in [3.05, 3.63) is 35.4 Å². The lowest BCUT2D eigenvalue weighted by Crippen LogP contribution is -2.14. The Morgan fingerprint density at radius 2 is 1.76 bits per heavy atom. The van der Waals surface area contributed by atoms with Crippen molar-refractivity contribution in [2.24, 2.45) is 5.73 Å². The van der Waals surface area contributed by atoms with Crippen LogP contribution in [0.3, 0.4) is 0 Å². The summed E-state index contributed by atoms with van der Waals surface area (Å²) >= 11 is 0. The first-order valence-corrected chi connectivity index (χ1v) is 6.04. The van der Waals surface area contributed by atoms with Crippen LogP contribution < -0.4 is 5.73 Å². The van der Waals surface area contributed by atoms with Crippen LogP contribution in [0.25, 0.3) is 0 Å². The van der Waals surface area contributed by atoms with Crippen LogP contribution in [0, 0.1) is 0 Å². The van der Waals surface area contributed by atoms with E-state index in [0.29, 0.717) is 31.0 Å². The molecule has 90 valence electrons. The third-order valence-corrected chi connectivity index (χ3v) is 3.37. The minimum Gasteiger partial charge on any atom is -0.369 e. The van der Waals surface area contributed by atoms with E-state index >= 15 is 0 Å². The van der Waals surface area contributed by atoms with Crippen LogP contribution in [0.4, 0.5) is 0 Å². The third kappa shape index (κ3) is 3.16. The Balaban J connectivity index is 2.02. The molecule has 1 aromatic rings. The maximum Gasteiger partial charge on any atom is 0.221 e. The Labute approximate surface area is 101 Å². The molecule has 0 unspecified atom stereocenters. The molecule has 2 rings (SSSR count). The summed E-state index contributed by atoms with van der Waals surface area (Å²) in [5, 5.41) is 0. The Bertz CT molecular complexity index is 412. The van der Waals surface area contributed by atoms with Crippen LogP contribution in [0.15, 0.2) is 24.3 Å². The lowest BCUT2D eigenvalue weighted by molar-refractivity contribution is -0.120. The smallest absolute Gasteiger partial charge is 0.221 e. The highest BCUT2D eigenvalue weighted by molar-refractivity contribution is 5.79. The second-order valence-corrected chi connectivity index (χ2v) is 4.70. The van der Waals surface area contributed by atoms with E-state index in [1.165, 1.54) is 5.56 Å². The van der Waals surface area contributed by atoms with Crippen LogP contribution in [-0.4, -0.2) is 11.7 Å². The van der Waals surface area contributed by atoms with Crippen molar-refractivity contribution < 1.29 is 9.59 Å². The first kappa shape index (κ1) is 11.8. The van der Waals surface area contributed by atoms with E-state index < -0.39 is 0 Å². The molecule has 1 aliphatic carbocycles. The number of primary amides is 1. The summed E-state index contributed by atoms with van der Waals surface area (Å²) in [6.45, 7) is 0. The van der Waals surface area contributed by atoms with Crippen molar-refractivity contribution >= 4 is 11.7 Å². The van der Waals surface area contributed by atoms with Gasteiger partial charge in [0.2, 0.25) is 5.91 Å². The zero-order valence-corrected chi connectivity index (χ0v) is 9.82. The molecule has 1 fully saturated rings. The summed E-state index contributed by atoms with van der Waals surface area (Å²) in [6, 6.07) is 8.02. The normalized spacial score (nSPS) is 17.1. The molecule has 3 nitrogen and oxygen atoms in total. The average Bonchev–Trinajstić information content (AvgIpc) is 2.30. The number of nitrogens with two attached hydrogens (primary N) is 1.